The van der Waals surface area contributed by atoms with Crippen LogP contribution in [0.2, 0.25) is 0 Å². The van der Waals surface area contributed by atoms with Gasteiger partial charge in [-0.05, 0) is 54.9 Å². The minimum atomic E-state index is 0.763. The molecule has 19 heavy (non-hydrogen) atoms. The molecule has 0 aliphatic carbocycles. The number of halogens is 1. The first kappa shape index (κ1) is 14.3. The van der Waals surface area contributed by atoms with Crippen LogP contribution in [-0.4, -0.2) is 16.6 Å². The molecule has 0 spiro atoms. The monoisotopic (exact) mass is 321 g/mol. The third-order valence-electron chi connectivity index (χ3n) is 3.37. The molecule has 0 saturated carbocycles. The molecular formula is C15H20BrN3. The summed E-state index contributed by atoms with van der Waals surface area (Å²) < 4.78 is 3.12. The van der Waals surface area contributed by atoms with Crippen LogP contribution in [0.1, 0.15) is 22.5 Å². The molecule has 1 aromatic heterocycles. The van der Waals surface area contributed by atoms with Crippen LogP contribution in [0.4, 0.5) is 0 Å². The summed E-state index contributed by atoms with van der Waals surface area (Å²) in [6, 6.07) is 4.42. The van der Waals surface area contributed by atoms with Crippen LogP contribution in [0.3, 0.4) is 0 Å². The number of imidazole rings is 1. The van der Waals surface area contributed by atoms with E-state index < -0.39 is 0 Å². The molecule has 0 radical (unpaired) electrons. The van der Waals surface area contributed by atoms with Crippen molar-refractivity contribution >= 4 is 15.9 Å². The maximum atomic E-state index is 4.77. The Morgan fingerprint density at radius 1 is 1.21 bits per heavy atom. The van der Waals surface area contributed by atoms with E-state index in [4.69, 9.17) is 4.98 Å². The lowest BCUT2D eigenvalue weighted by Crippen LogP contribution is -2.10. The summed E-state index contributed by atoms with van der Waals surface area (Å²) in [5, 5.41) is 3.15. The molecule has 2 rings (SSSR count). The molecule has 3 nitrogen and oxygen atoms in total. The molecule has 0 aliphatic rings. The maximum absolute atomic E-state index is 4.77. The Morgan fingerprint density at radius 2 is 1.79 bits per heavy atom. The van der Waals surface area contributed by atoms with E-state index in [2.05, 4.69) is 58.7 Å². The molecule has 4 heteroatoms. The van der Waals surface area contributed by atoms with E-state index in [9.17, 15) is 0 Å². The van der Waals surface area contributed by atoms with Crippen LogP contribution in [0.25, 0.3) is 11.3 Å². The minimum Gasteiger partial charge on any atom is -0.324 e. The van der Waals surface area contributed by atoms with Gasteiger partial charge < -0.3 is 9.88 Å². The van der Waals surface area contributed by atoms with Crippen molar-refractivity contribution in [3.8, 4) is 11.3 Å². The number of hydrogen-bond acceptors (Lipinski definition) is 2. The molecule has 2 aromatic rings. The van der Waals surface area contributed by atoms with E-state index in [-0.39, 0.29) is 0 Å². The summed E-state index contributed by atoms with van der Waals surface area (Å²) in [4.78, 5) is 4.77. The lowest BCUT2D eigenvalue weighted by Gasteiger charge is -2.09. The molecule has 0 saturated heterocycles. The molecule has 0 atom stereocenters. The molecule has 0 aliphatic heterocycles. The average molecular weight is 322 g/mol. The molecule has 1 N–H and O–H groups in total. The fourth-order valence-corrected chi connectivity index (χ4v) is 3.04. The van der Waals surface area contributed by atoms with Gasteiger partial charge in [-0.3, -0.25) is 0 Å². The van der Waals surface area contributed by atoms with Gasteiger partial charge in [0, 0.05) is 12.6 Å². The molecule has 0 bridgehead atoms. The van der Waals surface area contributed by atoms with Gasteiger partial charge in [0.2, 0.25) is 0 Å². The average Bonchev–Trinajstić information content (AvgIpc) is 2.57. The lowest BCUT2D eigenvalue weighted by molar-refractivity contribution is 0.704. The van der Waals surface area contributed by atoms with Crippen LogP contribution in [0.5, 0.6) is 0 Å². The molecule has 1 heterocycles. The molecular weight excluding hydrogens is 302 g/mol. The number of hydrogen-bond donors (Lipinski definition) is 1. The summed E-state index contributed by atoms with van der Waals surface area (Å²) in [7, 11) is 3.97. The summed E-state index contributed by atoms with van der Waals surface area (Å²) in [6.07, 6.45) is 0. The van der Waals surface area contributed by atoms with Gasteiger partial charge in [0.05, 0.1) is 6.54 Å². The lowest BCUT2D eigenvalue weighted by atomic mass is 9.98. The quantitative estimate of drug-likeness (QED) is 0.937. The van der Waals surface area contributed by atoms with E-state index in [1.807, 2.05) is 14.1 Å². The Balaban J connectivity index is 2.63. The SMILES string of the molecule is CNCc1nc(-c2c(C)cc(C)cc2C)c(Br)n1C. The number of benzene rings is 1. The van der Waals surface area contributed by atoms with Gasteiger partial charge >= 0.3 is 0 Å². The standard InChI is InChI=1S/C15H20BrN3/c1-9-6-10(2)13(11(3)7-9)14-15(16)19(5)12(18-14)8-17-4/h6-7,17H,8H2,1-5H3. The second-order valence-corrected chi connectivity index (χ2v) is 5.78. The third kappa shape index (κ3) is 2.60. The van der Waals surface area contributed by atoms with Crippen LogP contribution in [-0.2, 0) is 13.6 Å². The zero-order chi connectivity index (χ0) is 14.2. The Kier molecular flexibility index (Phi) is 4.11. The summed E-state index contributed by atoms with van der Waals surface area (Å²) >= 11 is 3.67. The minimum absolute atomic E-state index is 0.763. The van der Waals surface area contributed by atoms with Crippen molar-refractivity contribution in [3.05, 3.63) is 39.3 Å². The van der Waals surface area contributed by atoms with Crippen molar-refractivity contribution < 1.29 is 0 Å². The van der Waals surface area contributed by atoms with Crippen molar-refractivity contribution in [2.75, 3.05) is 7.05 Å². The zero-order valence-corrected chi connectivity index (χ0v) is 13.7. The van der Waals surface area contributed by atoms with Gasteiger partial charge in [-0.1, -0.05) is 17.7 Å². The highest BCUT2D eigenvalue weighted by Crippen LogP contribution is 2.33. The first-order chi connectivity index (χ1) is 8.95. The third-order valence-corrected chi connectivity index (χ3v) is 4.27. The largest absolute Gasteiger partial charge is 0.324 e. The van der Waals surface area contributed by atoms with Gasteiger partial charge in [-0.15, -0.1) is 0 Å². The van der Waals surface area contributed by atoms with Gasteiger partial charge in [-0.25, -0.2) is 4.98 Å². The van der Waals surface area contributed by atoms with Crippen molar-refractivity contribution in [1.29, 1.82) is 0 Å². The zero-order valence-electron chi connectivity index (χ0n) is 12.1. The first-order valence-electron chi connectivity index (χ1n) is 6.39. The highest BCUT2D eigenvalue weighted by molar-refractivity contribution is 9.10. The second kappa shape index (κ2) is 5.47. The Morgan fingerprint density at radius 3 is 2.32 bits per heavy atom. The maximum Gasteiger partial charge on any atom is 0.124 e. The number of aromatic nitrogens is 2. The Labute approximate surface area is 123 Å². The summed E-state index contributed by atoms with van der Waals surface area (Å²) in [5.41, 5.74) is 6.10. The van der Waals surface area contributed by atoms with E-state index in [1.54, 1.807) is 0 Å². The van der Waals surface area contributed by atoms with E-state index in [0.29, 0.717) is 0 Å². The number of rotatable bonds is 3. The van der Waals surface area contributed by atoms with Crippen LogP contribution < -0.4 is 5.32 Å². The highest BCUT2D eigenvalue weighted by Gasteiger charge is 2.17. The van der Waals surface area contributed by atoms with Gasteiger partial charge in [-0.2, -0.15) is 0 Å². The molecule has 0 unspecified atom stereocenters. The van der Waals surface area contributed by atoms with E-state index >= 15 is 0 Å². The van der Waals surface area contributed by atoms with E-state index in [0.717, 1.165) is 22.7 Å². The Hall–Kier alpha value is -1.13. The second-order valence-electron chi connectivity index (χ2n) is 5.03. The first-order valence-corrected chi connectivity index (χ1v) is 7.19. The van der Waals surface area contributed by atoms with Crippen LogP contribution in [0.15, 0.2) is 16.7 Å². The smallest absolute Gasteiger partial charge is 0.124 e. The fourth-order valence-electron chi connectivity index (χ4n) is 2.55. The number of aryl methyl sites for hydroxylation is 3. The normalized spacial score (nSPS) is 11.1. The van der Waals surface area contributed by atoms with Gasteiger partial charge in [0.1, 0.15) is 16.1 Å². The van der Waals surface area contributed by atoms with Gasteiger partial charge in [0.15, 0.2) is 0 Å². The van der Waals surface area contributed by atoms with Crippen molar-refractivity contribution in [1.82, 2.24) is 14.9 Å². The highest BCUT2D eigenvalue weighted by atomic mass is 79.9. The van der Waals surface area contributed by atoms with Crippen LogP contribution >= 0.6 is 15.9 Å². The predicted molar refractivity (Wildman–Crippen MR) is 83.3 cm³/mol. The van der Waals surface area contributed by atoms with Crippen LogP contribution in [0, 0.1) is 20.8 Å². The van der Waals surface area contributed by atoms with E-state index in [1.165, 1.54) is 22.3 Å². The predicted octanol–water partition coefficient (Wildman–Crippen LogP) is 3.49. The topological polar surface area (TPSA) is 29.9 Å². The molecule has 0 fully saturated rings. The number of nitrogens with zero attached hydrogens (tertiary/aromatic N) is 2. The summed E-state index contributed by atoms with van der Waals surface area (Å²) in [6.45, 7) is 7.19. The molecule has 102 valence electrons. The molecule has 1 aromatic carbocycles. The summed E-state index contributed by atoms with van der Waals surface area (Å²) in [5.74, 6) is 1.03. The Bertz CT molecular complexity index is 591. The van der Waals surface area contributed by atoms with Crippen molar-refractivity contribution in [3.63, 3.8) is 0 Å². The number of nitrogens with one attached hydrogen (secondary N) is 1. The molecule has 0 amide bonds. The van der Waals surface area contributed by atoms with Crippen molar-refractivity contribution in [2.24, 2.45) is 7.05 Å². The fraction of sp³-hybridized carbons (Fsp3) is 0.400. The van der Waals surface area contributed by atoms with Gasteiger partial charge in [0.25, 0.3) is 0 Å². The van der Waals surface area contributed by atoms with Crippen molar-refractivity contribution in [2.45, 2.75) is 27.3 Å².